The normalized spacial score (nSPS) is 17.0. The van der Waals surface area contributed by atoms with E-state index in [4.69, 9.17) is 11.6 Å². The Bertz CT molecular complexity index is 1060. The minimum absolute atomic E-state index is 0.0625. The minimum atomic E-state index is -0.675. The summed E-state index contributed by atoms with van der Waals surface area (Å²) in [6, 6.07) is 6.40. The van der Waals surface area contributed by atoms with Crippen molar-refractivity contribution in [3.63, 3.8) is 0 Å². The number of hydrogen-bond donors (Lipinski definition) is 1. The number of benzene rings is 1. The summed E-state index contributed by atoms with van der Waals surface area (Å²) < 4.78 is 1.72. The predicted octanol–water partition coefficient (Wildman–Crippen LogP) is 2.72. The molecule has 3 amide bonds. The van der Waals surface area contributed by atoms with Crippen LogP contribution in [0.25, 0.3) is 10.9 Å². The fraction of sp³-hybridized carbons (Fsp3) is 0.316. The van der Waals surface area contributed by atoms with E-state index in [-0.39, 0.29) is 24.9 Å². The van der Waals surface area contributed by atoms with Crippen LogP contribution in [0.3, 0.4) is 0 Å². The number of carbonyl (C=O) groups excluding carboxylic acids is 2. The number of carbonyl (C=O) groups is 2. The van der Waals surface area contributed by atoms with Gasteiger partial charge in [0.05, 0.1) is 17.8 Å². The summed E-state index contributed by atoms with van der Waals surface area (Å²) in [5, 5.41) is 12.2. The van der Waals surface area contributed by atoms with Gasteiger partial charge in [-0.25, -0.2) is 9.48 Å². The molecule has 1 aliphatic rings. The van der Waals surface area contributed by atoms with Crippen molar-refractivity contribution >= 4 is 34.4 Å². The minimum Gasteiger partial charge on any atom is -0.325 e. The fourth-order valence-corrected chi connectivity index (χ4v) is 3.44. The molecule has 1 aromatic carbocycles. The third-order valence-electron chi connectivity index (χ3n) is 4.75. The lowest BCUT2D eigenvalue weighted by Crippen LogP contribution is -2.32. The van der Waals surface area contributed by atoms with E-state index in [1.807, 2.05) is 32.0 Å². The van der Waals surface area contributed by atoms with E-state index < -0.39 is 12.1 Å². The number of rotatable bonds is 5. The lowest BCUT2D eigenvalue weighted by atomic mass is 10.1. The highest BCUT2D eigenvalue weighted by Crippen LogP contribution is 2.27. The van der Waals surface area contributed by atoms with E-state index in [2.05, 4.69) is 20.6 Å². The topological polar surface area (TPSA) is 93.0 Å². The largest absolute Gasteiger partial charge is 0.325 e. The number of halogens is 1. The van der Waals surface area contributed by atoms with Crippen LogP contribution in [0, 0.1) is 0 Å². The van der Waals surface area contributed by atoms with Crippen LogP contribution in [-0.4, -0.2) is 42.9 Å². The molecule has 0 aliphatic carbocycles. The lowest BCUT2D eigenvalue weighted by molar-refractivity contribution is -0.127. The van der Waals surface area contributed by atoms with Gasteiger partial charge in [0.2, 0.25) is 0 Å². The number of aromatic nitrogens is 4. The van der Waals surface area contributed by atoms with Gasteiger partial charge in [-0.1, -0.05) is 28.9 Å². The van der Waals surface area contributed by atoms with Gasteiger partial charge in [0.1, 0.15) is 6.04 Å². The zero-order chi connectivity index (χ0) is 19.8. The molecule has 0 spiro atoms. The van der Waals surface area contributed by atoms with Gasteiger partial charge in [0.25, 0.3) is 5.91 Å². The first-order valence-corrected chi connectivity index (χ1v) is 9.36. The SMILES string of the molecule is CC(C)n1cc(CC2NC(=O)N(Cc3c(Cl)ccc4cccnc34)C2=O)nn1. The number of nitrogens with one attached hydrogen (secondary N) is 1. The average Bonchev–Trinajstić information content (AvgIpc) is 3.24. The standard InChI is InChI=1S/C19H19ClN6O2/c1-11(2)26-9-13(23-24-26)8-16-18(27)25(19(28)22-16)10-14-15(20)6-5-12-4-3-7-21-17(12)14/h3-7,9,11,16H,8,10H2,1-2H3,(H,22,28). The molecule has 1 saturated heterocycles. The van der Waals surface area contributed by atoms with Crippen molar-refractivity contribution in [1.82, 2.24) is 30.2 Å². The molecule has 2 aromatic heterocycles. The van der Waals surface area contributed by atoms with Crippen LogP contribution in [0.4, 0.5) is 4.79 Å². The van der Waals surface area contributed by atoms with E-state index in [9.17, 15) is 9.59 Å². The molecule has 1 aliphatic heterocycles. The zero-order valence-electron chi connectivity index (χ0n) is 15.5. The maximum Gasteiger partial charge on any atom is 0.325 e. The summed E-state index contributed by atoms with van der Waals surface area (Å²) in [4.78, 5) is 30.8. The first-order chi connectivity index (χ1) is 13.4. The highest BCUT2D eigenvalue weighted by molar-refractivity contribution is 6.32. The van der Waals surface area contributed by atoms with Crippen molar-refractivity contribution in [2.24, 2.45) is 0 Å². The summed E-state index contributed by atoms with van der Waals surface area (Å²) in [7, 11) is 0. The second-order valence-electron chi connectivity index (χ2n) is 7.02. The van der Waals surface area contributed by atoms with Crippen molar-refractivity contribution < 1.29 is 9.59 Å². The monoisotopic (exact) mass is 398 g/mol. The Kier molecular flexibility index (Phi) is 4.72. The Balaban J connectivity index is 1.56. The van der Waals surface area contributed by atoms with Crippen LogP contribution in [0.15, 0.2) is 36.7 Å². The maximum absolute atomic E-state index is 12.8. The second kappa shape index (κ2) is 7.20. The Hall–Kier alpha value is -3.00. The van der Waals surface area contributed by atoms with E-state index in [0.717, 1.165) is 5.39 Å². The van der Waals surface area contributed by atoms with Crippen LogP contribution in [-0.2, 0) is 17.8 Å². The highest BCUT2D eigenvalue weighted by Gasteiger charge is 2.39. The van der Waals surface area contributed by atoms with Crippen LogP contribution in [0.2, 0.25) is 5.02 Å². The number of nitrogens with zero attached hydrogens (tertiary/aromatic N) is 5. The predicted molar refractivity (Wildman–Crippen MR) is 104 cm³/mol. The summed E-state index contributed by atoms with van der Waals surface area (Å²) in [5.74, 6) is -0.312. The summed E-state index contributed by atoms with van der Waals surface area (Å²) in [6.45, 7) is 4.04. The third-order valence-corrected chi connectivity index (χ3v) is 5.10. The van der Waals surface area contributed by atoms with Crippen molar-refractivity contribution in [1.29, 1.82) is 0 Å². The van der Waals surface area contributed by atoms with Crippen molar-refractivity contribution in [3.8, 4) is 0 Å². The molecule has 1 N–H and O–H groups in total. The highest BCUT2D eigenvalue weighted by atomic mass is 35.5. The molecule has 0 radical (unpaired) electrons. The van der Waals surface area contributed by atoms with E-state index >= 15 is 0 Å². The molecule has 1 atom stereocenters. The van der Waals surface area contributed by atoms with Gasteiger partial charge >= 0.3 is 6.03 Å². The molecule has 28 heavy (non-hydrogen) atoms. The lowest BCUT2D eigenvalue weighted by Gasteiger charge is -2.15. The first kappa shape index (κ1) is 18.4. The van der Waals surface area contributed by atoms with Gasteiger partial charge in [-0.05, 0) is 26.0 Å². The van der Waals surface area contributed by atoms with Gasteiger partial charge < -0.3 is 5.32 Å². The number of amides is 3. The van der Waals surface area contributed by atoms with E-state index in [1.165, 1.54) is 4.90 Å². The zero-order valence-corrected chi connectivity index (χ0v) is 16.2. The molecule has 4 rings (SSSR count). The van der Waals surface area contributed by atoms with Crippen molar-refractivity contribution in [3.05, 3.63) is 52.9 Å². The van der Waals surface area contributed by atoms with Crippen molar-refractivity contribution in [2.45, 2.75) is 38.9 Å². The molecule has 144 valence electrons. The second-order valence-corrected chi connectivity index (χ2v) is 7.42. The third kappa shape index (κ3) is 3.31. The molecule has 0 bridgehead atoms. The molecular formula is C19H19ClN6O2. The van der Waals surface area contributed by atoms with Crippen LogP contribution in [0.1, 0.15) is 31.1 Å². The van der Waals surface area contributed by atoms with Crippen LogP contribution >= 0.6 is 11.6 Å². The molecular weight excluding hydrogens is 380 g/mol. The Morgan fingerprint density at radius 3 is 2.82 bits per heavy atom. The molecule has 3 heterocycles. The van der Waals surface area contributed by atoms with Crippen LogP contribution in [0.5, 0.6) is 0 Å². The number of urea groups is 1. The number of hydrogen-bond acceptors (Lipinski definition) is 5. The average molecular weight is 399 g/mol. The van der Waals surface area contributed by atoms with Crippen LogP contribution < -0.4 is 5.32 Å². The smallest absolute Gasteiger partial charge is 0.325 e. The van der Waals surface area contributed by atoms with E-state index in [1.54, 1.807) is 23.1 Å². The first-order valence-electron chi connectivity index (χ1n) is 8.98. The van der Waals surface area contributed by atoms with Gasteiger partial charge in [0.15, 0.2) is 0 Å². The summed E-state index contributed by atoms with van der Waals surface area (Å²) in [6.07, 6.45) is 3.74. The summed E-state index contributed by atoms with van der Waals surface area (Å²) >= 11 is 6.34. The van der Waals surface area contributed by atoms with Gasteiger partial charge in [-0.2, -0.15) is 0 Å². The Morgan fingerprint density at radius 2 is 2.07 bits per heavy atom. The summed E-state index contributed by atoms with van der Waals surface area (Å²) in [5.41, 5.74) is 1.98. The van der Waals surface area contributed by atoms with Gasteiger partial charge in [-0.3, -0.25) is 14.7 Å². The molecule has 8 nitrogen and oxygen atoms in total. The van der Waals surface area contributed by atoms with Crippen molar-refractivity contribution in [2.75, 3.05) is 0 Å². The molecule has 1 unspecified atom stereocenters. The molecule has 9 heteroatoms. The Morgan fingerprint density at radius 1 is 1.25 bits per heavy atom. The number of fused-ring (bicyclic) bond motifs is 1. The fourth-order valence-electron chi connectivity index (χ4n) is 3.22. The molecule has 0 saturated carbocycles. The van der Waals surface area contributed by atoms with Gasteiger partial charge in [-0.15, -0.1) is 5.10 Å². The maximum atomic E-state index is 12.8. The van der Waals surface area contributed by atoms with E-state index in [0.29, 0.717) is 21.8 Å². The quantitative estimate of drug-likeness (QED) is 0.667. The molecule has 3 aromatic rings. The Labute approximate surface area is 166 Å². The number of pyridine rings is 1. The van der Waals surface area contributed by atoms with Gasteiger partial charge in [0, 0.05) is 40.8 Å². The number of imide groups is 1. The molecule has 1 fully saturated rings.